The van der Waals surface area contributed by atoms with Crippen LogP contribution >= 0.6 is 0 Å². The molecular formula is C17H16N4O. The van der Waals surface area contributed by atoms with E-state index in [-0.39, 0.29) is 5.56 Å². The lowest BCUT2D eigenvalue weighted by Crippen LogP contribution is -2.25. The van der Waals surface area contributed by atoms with E-state index in [9.17, 15) is 4.79 Å². The molecule has 0 aliphatic rings. The SMILES string of the molecule is NNc1cc(=O)n(Cc2ccccc2)nc1-c1ccccc1. The maximum absolute atomic E-state index is 12.2. The third-order valence-corrected chi connectivity index (χ3v) is 3.38. The minimum absolute atomic E-state index is 0.198. The van der Waals surface area contributed by atoms with Crippen LogP contribution in [0, 0.1) is 0 Å². The van der Waals surface area contributed by atoms with E-state index in [2.05, 4.69) is 10.5 Å². The van der Waals surface area contributed by atoms with Crippen molar-refractivity contribution >= 4 is 5.69 Å². The summed E-state index contributed by atoms with van der Waals surface area (Å²) in [4.78, 5) is 12.2. The summed E-state index contributed by atoms with van der Waals surface area (Å²) in [5, 5.41) is 4.47. The molecule has 3 rings (SSSR count). The van der Waals surface area contributed by atoms with Crippen LogP contribution in [0.5, 0.6) is 0 Å². The highest BCUT2D eigenvalue weighted by Crippen LogP contribution is 2.23. The van der Waals surface area contributed by atoms with E-state index in [4.69, 9.17) is 5.84 Å². The lowest BCUT2D eigenvalue weighted by molar-refractivity contribution is 0.643. The van der Waals surface area contributed by atoms with Crippen LogP contribution in [0.4, 0.5) is 5.69 Å². The average molecular weight is 292 g/mol. The summed E-state index contributed by atoms with van der Waals surface area (Å²) in [5.74, 6) is 5.52. The van der Waals surface area contributed by atoms with Crippen molar-refractivity contribution in [3.05, 3.63) is 82.6 Å². The second kappa shape index (κ2) is 6.24. The van der Waals surface area contributed by atoms with Crippen molar-refractivity contribution in [2.75, 3.05) is 5.43 Å². The minimum Gasteiger partial charge on any atom is -0.322 e. The molecule has 0 saturated carbocycles. The molecule has 3 N–H and O–H groups in total. The number of nitrogens with two attached hydrogens (primary N) is 1. The lowest BCUT2D eigenvalue weighted by Gasteiger charge is -2.11. The molecule has 5 nitrogen and oxygen atoms in total. The number of hydrogen-bond donors (Lipinski definition) is 2. The molecule has 3 aromatic rings. The lowest BCUT2D eigenvalue weighted by atomic mass is 10.1. The van der Waals surface area contributed by atoms with Gasteiger partial charge in [0.25, 0.3) is 5.56 Å². The number of nitrogen functional groups attached to an aromatic ring is 1. The van der Waals surface area contributed by atoms with Gasteiger partial charge in [-0.1, -0.05) is 60.7 Å². The van der Waals surface area contributed by atoms with E-state index in [1.165, 1.54) is 10.7 Å². The molecule has 0 fully saturated rings. The Kier molecular flexibility index (Phi) is 3.98. The standard InChI is InChI=1S/C17H16N4O/c18-19-15-11-16(22)21(12-13-7-3-1-4-8-13)20-17(15)14-9-5-2-6-10-14/h1-11,19H,12,18H2. The van der Waals surface area contributed by atoms with Crippen molar-refractivity contribution in [1.29, 1.82) is 0 Å². The van der Waals surface area contributed by atoms with Gasteiger partial charge in [0, 0.05) is 11.6 Å². The normalized spacial score (nSPS) is 10.4. The Morgan fingerprint density at radius 3 is 2.27 bits per heavy atom. The van der Waals surface area contributed by atoms with Crippen LogP contribution in [-0.4, -0.2) is 9.78 Å². The fourth-order valence-electron chi connectivity index (χ4n) is 2.28. The van der Waals surface area contributed by atoms with Gasteiger partial charge in [-0.2, -0.15) is 5.10 Å². The summed E-state index contributed by atoms with van der Waals surface area (Å²) in [6, 6.07) is 20.8. The van der Waals surface area contributed by atoms with Gasteiger partial charge in [-0.3, -0.25) is 10.6 Å². The monoisotopic (exact) mass is 292 g/mol. The zero-order chi connectivity index (χ0) is 15.4. The van der Waals surface area contributed by atoms with Gasteiger partial charge in [-0.25, -0.2) is 4.68 Å². The molecule has 1 heterocycles. The first-order chi connectivity index (χ1) is 10.8. The summed E-state index contributed by atoms with van der Waals surface area (Å²) in [6.07, 6.45) is 0. The van der Waals surface area contributed by atoms with Crippen molar-refractivity contribution in [2.24, 2.45) is 5.84 Å². The molecule has 0 aliphatic carbocycles. The Morgan fingerprint density at radius 1 is 1.00 bits per heavy atom. The molecule has 2 aromatic carbocycles. The number of benzene rings is 2. The van der Waals surface area contributed by atoms with Gasteiger partial charge >= 0.3 is 0 Å². The van der Waals surface area contributed by atoms with Crippen molar-refractivity contribution in [1.82, 2.24) is 9.78 Å². The predicted octanol–water partition coefficient (Wildman–Crippen LogP) is 2.24. The van der Waals surface area contributed by atoms with Gasteiger partial charge < -0.3 is 5.43 Å². The first kappa shape index (κ1) is 14.0. The summed E-state index contributed by atoms with van der Waals surface area (Å²) in [7, 11) is 0. The van der Waals surface area contributed by atoms with E-state index < -0.39 is 0 Å². The molecule has 0 amide bonds. The minimum atomic E-state index is -0.198. The summed E-state index contributed by atoms with van der Waals surface area (Å²) in [5.41, 5.74) is 5.44. The molecule has 0 bridgehead atoms. The second-order valence-electron chi connectivity index (χ2n) is 4.90. The Bertz CT molecular complexity index is 813. The highest BCUT2D eigenvalue weighted by Gasteiger charge is 2.10. The number of hydrazine groups is 1. The molecular weight excluding hydrogens is 276 g/mol. The number of aromatic nitrogens is 2. The quantitative estimate of drug-likeness (QED) is 0.571. The Hall–Kier alpha value is -2.92. The molecule has 0 atom stereocenters. The van der Waals surface area contributed by atoms with Gasteiger partial charge in [0.05, 0.1) is 12.2 Å². The summed E-state index contributed by atoms with van der Waals surface area (Å²) >= 11 is 0. The average Bonchev–Trinajstić information content (AvgIpc) is 2.58. The van der Waals surface area contributed by atoms with Crippen molar-refractivity contribution < 1.29 is 0 Å². The predicted molar refractivity (Wildman–Crippen MR) is 87.3 cm³/mol. The van der Waals surface area contributed by atoms with Crippen LogP contribution in [0.15, 0.2) is 71.5 Å². The molecule has 0 spiro atoms. The van der Waals surface area contributed by atoms with Gasteiger partial charge in [-0.15, -0.1) is 0 Å². The van der Waals surface area contributed by atoms with Crippen LogP contribution in [0.2, 0.25) is 0 Å². The summed E-state index contributed by atoms with van der Waals surface area (Å²) in [6.45, 7) is 0.421. The number of hydrogen-bond acceptors (Lipinski definition) is 4. The third kappa shape index (κ3) is 2.89. The maximum Gasteiger partial charge on any atom is 0.269 e. The van der Waals surface area contributed by atoms with Crippen molar-refractivity contribution in [2.45, 2.75) is 6.54 Å². The number of rotatable bonds is 4. The summed E-state index contributed by atoms with van der Waals surface area (Å²) < 4.78 is 1.44. The fourth-order valence-corrected chi connectivity index (χ4v) is 2.28. The maximum atomic E-state index is 12.2. The molecule has 0 unspecified atom stereocenters. The van der Waals surface area contributed by atoms with Crippen molar-refractivity contribution in [3.63, 3.8) is 0 Å². The first-order valence-electron chi connectivity index (χ1n) is 6.96. The third-order valence-electron chi connectivity index (χ3n) is 3.38. The van der Waals surface area contributed by atoms with Gasteiger partial charge in [0.15, 0.2) is 0 Å². The van der Waals surface area contributed by atoms with Crippen LogP contribution in [0.3, 0.4) is 0 Å². The van der Waals surface area contributed by atoms with Gasteiger partial charge in [0.1, 0.15) is 5.69 Å². The highest BCUT2D eigenvalue weighted by atomic mass is 16.1. The van der Waals surface area contributed by atoms with Crippen LogP contribution in [0.25, 0.3) is 11.3 Å². The first-order valence-corrected chi connectivity index (χ1v) is 6.96. The Balaban J connectivity index is 2.07. The molecule has 110 valence electrons. The van der Waals surface area contributed by atoms with Gasteiger partial charge in [-0.05, 0) is 5.56 Å². The van der Waals surface area contributed by atoms with E-state index >= 15 is 0 Å². The van der Waals surface area contributed by atoms with E-state index in [1.807, 2.05) is 60.7 Å². The Labute approximate surface area is 128 Å². The smallest absolute Gasteiger partial charge is 0.269 e. The molecule has 0 saturated heterocycles. The molecule has 1 aromatic heterocycles. The molecule has 5 heteroatoms. The molecule has 0 radical (unpaired) electrons. The van der Waals surface area contributed by atoms with Gasteiger partial charge in [0.2, 0.25) is 0 Å². The van der Waals surface area contributed by atoms with E-state index in [0.717, 1.165) is 11.1 Å². The van der Waals surface area contributed by atoms with Crippen LogP contribution in [-0.2, 0) is 6.54 Å². The molecule has 0 aliphatic heterocycles. The zero-order valence-corrected chi connectivity index (χ0v) is 11.9. The number of nitrogens with zero attached hydrogens (tertiary/aromatic N) is 2. The van der Waals surface area contributed by atoms with E-state index in [0.29, 0.717) is 17.9 Å². The Morgan fingerprint density at radius 2 is 1.64 bits per heavy atom. The number of nitrogens with one attached hydrogen (secondary N) is 1. The van der Waals surface area contributed by atoms with E-state index in [1.54, 1.807) is 0 Å². The largest absolute Gasteiger partial charge is 0.322 e. The fraction of sp³-hybridized carbons (Fsp3) is 0.0588. The number of anilines is 1. The zero-order valence-electron chi connectivity index (χ0n) is 11.9. The second-order valence-corrected chi connectivity index (χ2v) is 4.90. The van der Waals surface area contributed by atoms with Crippen LogP contribution in [0.1, 0.15) is 5.56 Å². The molecule has 22 heavy (non-hydrogen) atoms. The van der Waals surface area contributed by atoms with Crippen molar-refractivity contribution in [3.8, 4) is 11.3 Å². The topological polar surface area (TPSA) is 72.9 Å². The highest BCUT2D eigenvalue weighted by molar-refractivity contribution is 5.73. The van der Waals surface area contributed by atoms with Crippen LogP contribution < -0.4 is 16.8 Å².